The summed E-state index contributed by atoms with van der Waals surface area (Å²) in [7, 11) is 3.83. The number of amides is 1. The van der Waals surface area contributed by atoms with Crippen LogP contribution in [0.3, 0.4) is 0 Å². The van der Waals surface area contributed by atoms with Crippen molar-refractivity contribution in [2.45, 2.75) is 0 Å². The van der Waals surface area contributed by atoms with Crippen LogP contribution in [-0.4, -0.2) is 32.2 Å². The lowest BCUT2D eigenvalue weighted by Crippen LogP contribution is -2.15. The molecule has 8 nitrogen and oxygen atoms in total. The molecule has 132 valence electrons. The number of ether oxygens (including phenoxy) is 3. The van der Waals surface area contributed by atoms with Crippen molar-refractivity contribution in [3.63, 3.8) is 0 Å². The predicted molar refractivity (Wildman–Crippen MR) is 87.1 cm³/mol. The summed E-state index contributed by atoms with van der Waals surface area (Å²) >= 11 is 0. The summed E-state index contributed by atoms with van der Waals surface area (Å²) in [5.41, 5.74) is -0.585. The summed E-state index contributed by atoms with van der Waals surface area (Å²) in [4.78, 5) is 23.2. The number of rotatable bonds is 6. The first-order valence-electron chi connectivity index (χ1n) is 6.97. The molecule has 0 aliphatic heterocycles. The van der Waals surface area contributed by atoms with Gasteiger partial charge in [0, 0.05) is 11.8 Å². The Morgan fingerprint density at radius 1 is 1.08 bits per heavy atom. The molecule has 25 heavy (non-hydrogen) atoms. The molecule has 1 amide bonds. The second kappa shape index (κ2) is 7.47. The van der Waals surface area contributed by atoms with Crippen LogP contribution in [0.2, 0.25) is 0 Å². The molecule has 0 aliphatic carbocycles. The zero-order chi connectivity index (χ0) is 18.6. The predicted octanol–water partition coefficient (Wildman–Crippen LogP) is 3.01. The quantitative estimate of drug-likeness (QED) is 0.635. The van der Waals surface area contributed by atoms with Crippen molar-refractivity contribution in [2.75, 3.05) is 26.6 Å². The topological polar surface area (TPSA) is 99.9 Å². The molecule has 0 radical (unpaired) electrons. The Balaban J connectivity index is 2.56. The van der Waals surface area contributed by atoms with Gasteiger partial charge in [0.2, 0.25) is 11.5 Å². The molecule has 0 atom stereocenters. The van der Waals surface area contributed by atoms with E-state index in [2.05, 4.69) is 5.32 Å². The maximum Gasteiger partial charge on any atom is 0.327 e. The third-order valence-corrected chi connectivity index (χ3v) is 3.33. The van der Waals surface area contributed by atoms with Gasteiger partial charge < -0.3 is 19.5 Å². The van der Waals surface area contributed by atoms with Crippen LogP contribution in [0.25, 0.3) is 0 Å². The molecule has 0 spiro atoms. The van der Waals surface area contributed by atoms with Crippen LogP contribution in [0.5, 0.6) is 17.2 Å². The number of nitro benzene ring substituents is 1. The van der Waals surface area contributed by atoms with E-state index in [-0.39, 0.29) is 28.5 Å². The van der Waals surface area contributed by atoms with Crippen molar-refractivity contribution in [1.29, 1.82) is 0 Å². The third kappa shape index (κ3) is 3.60. The maximum absolute atomic E-state index is 12.9. The molecular weight excluding hydrogens is 335 g/mol. The van der Waals surface area contributed by atoms with E-state index in [1.165, 1.54) is 39.5 Å². The first kappa shape index (κ1) is 18.0. The molecule has 2 aromatic rings. The molecule has 0 fully saturated rings. The van der Waals surface area contributed by atoms with E-state index in [9.17, 15) is 19.3 Å². The Morgan fingerprint density at radius 2 is 1.68 bits per heavy atom. The van der Waals surface area contributed by atoms with Crippen molar-refractivity contribution < 1.29 is 28.3 Å². The first-order chi connectivity index (χ1) is 11.9. The molecular formula is C16H15FN2O6. The summed E-state index contributed by atoms with van der Waals surface area (Å²) in [6.07, 6.45) is 0. The van der Waals surface area contributed by atoms with Crippen LogP contribution < -0.4 is 19.5 Å². The van der Waals surface area contributed by atoms with Crippen molar-refractivity contribution in [1.82, 2.24) is 0 Å². The number of methoxy groups -OCH3 is 3. The number of anilines is 1. The lowest BCUT2D eigenvalue weighted by Gasteiger charge is -2.15. The minimum atomic E-state index is -0.780. The number of nitrogens with one attached hydrogen (secondary N) is 1. The summed E-state index contributed by atoms with van der Waals surface area (Å²) in [6.45, 7) is 0. The van der Waals surface area contributed by atoms with Crippen molar-refractivity contribution >= 4 is 17.3 Å². The van der Waals surface area contributed by atoms with Crippen LogP contribution >= 0.6 is 0 Å². The number of nitro groups is 1. The van der Waals surface area contributed by atoms with E-state index < -0.39 is 22.3 Å². The zero-order valence-corrected chi connectivity index (χ0v) is 13.7. The fraction of sp³-hybridized carbons (Fsp3) is 0.188. The highest BCUT2D eigenvalue weighted by molar-refractivity contribution is 6.08. The normalized spacial score (nSPS) is 10.1. The number of halogens is 1. The Kier molecular flexibility index (Phi) is 5.38. The van der Waals surface area contributed by atoms with Crippen LogP contribution in [0, 0.1) is 15.9 Å². The molecule has 0 aliphatic rings. The fourth-order valence-electron chi connectivity index (χ4n) is 2.23. The summed E-state index contributed by atoms with van der Waals surface area (Å²) in [5.74, 6) is -1.41. The molecule has 0 bridgehead atoms. The average Bonchev–Trinajstić information content (AvgIpc) is 2.61. The largest absolute Gasteiger partial charge is 0.493 e. The van der Waals surface area contributed by atoms with Gasteiger partial charge in [0.25, 0.3) is 5.91 Å². The number of benzene rings is 2. The standard InChI is InChI=1S/C16H15FN2O6/c1-23-12-8-11(13(19(21)22)15(25-3)14(12)24-2)16(20)18-10-6-4-9(17)5-7-10/h4-8H,1-3H3,(H,18,20). The Morgan fingerprint density at radius 3 is 2.16 bits per heavy atom. The average molecular weight is 350 g/mol. The van der Waals surface area contributed by atoms with Gasteiger partial charge in [0.15, 0.2) is 5.75 Å². The summed E-state index contributed by atoms with van der Waals surface area (Å²) in [6, 6.07) is 6.14. The van der Waals surface area contributed by atoms with Crippen LogP contribution in [-0.2, 0) is 0 Å². The molecule has 0 aromatic heterocycles. The smallest absolute Gasteiger partial charge is 0.327 e. The number of hydrogen-bond donors (Lipinski definition) is 1. The van der Waals surface area contributed by atoms with Gasteiger partial charge in [0.05, 0.1) is 26.3 Å². The molecule has 0 saturated heterocycles. The first-order valence-corrected chi connectivity index (χ1v) is 6.97. The molecule has 2 aromatic carbocycles. The number of carbonyl (C=O) groups excluding carboxylic acids is 1. The summed E-state index contributed by atoms with van der Waals surface area (Å²) < 4.78 is 28.2. The van der Waals surface area contributed by atoms with Gasteiger partial charge in [-0.3, -0.25) is 14.9 Å². The van der Waals surface area contributed by atoms with Gasteiger partial charge >= 0.3 is 5.69 Å². The lowest BCUT2D eigenvalue weighted by atomic mass is 10.1. The van der Waals surface area contributed by atoms with Crippen molar-refractivity contribution in [3.8, 4) is 17.2 Å². The molecule has 9 heteroatoms. The van der Waals surface area contributed by atoms with Gasteiger partial charge in [-0.1, -0.05) is 0 Å². The number of nitrogens with zero attached hydrogens (tertiary/aromatic N) is 1. The van der Waals surface area contributed by atoms with Gasteiger partial charge in [-0.2, -0.15) is 0 Å². The van der Waals surface area contributed by atoms with E-state index in [0.29, 0.717) is 0 Å². The summed E-state index contributed by atoms with van der Waals surface area (Å²) in [5, 5.41) is 13.9. The van der Waals surface area contributed by atoms with E-state index >= 15 is 0 Å². The van der Waals surface area contributed by atoms with E-state index in [0.717, 1.165) is 12.1 Å². The lowest BCUT2D eigenvalue weighted by molar-refractivity contribution is -0.386. The molecule has 0 unspecified atom stereocenters. The zero-order valence-electron chi connectivity index (χ0n) is 13.7. The highest BCUT2D eigenvalue weighted by Gasteiger charge is 2.32. The molecule has 0 saturated carbocycles. The van der Waals surface area contributed by atoms with Crippen LogP contribution in [0.15, 0.2) is 30.3 Å². The number of hydrogen-bond acceptors (Lipinski definition) is 6. The van der Waals surface area contributed by atoms with Gasteiger partial charge in [-0.15, -0.1) is 0 Å². The van der Waals surface area contributed by atoms with Crippen LogP contribution in [0.1, 0.15) is 10.4 Å². The Labute approximate surface area is 142 Å². The Bertz CT molecular complexity index is 807. The minimum absolute atomic E-state index is 0.00460. The molecule has 0 heterocycles. The van der Waals surface area contributed by atoms with E-state index in [4.69, 9.17) is 14.2 Å². The fourth-order valence-corrected chi connectivity index (χ4v) is 2.23. The van der Waals surface area contributed by atoms with E-state index in [1.54, 1.807) is 0 Å². The minimum Gasteiger partial charge on any atom is -0.493 e. The van der Waals surface area contributed by atoms with Crippen molar-refractivity contribution in [3.05, 3.63) is 51.8 Å². The van der Waals surface area contributed by atoms with Crippen molar-refractivity contribution in [2.24, 2.45) is 0 Å². The van der Waals surface area contributed by atoms with Crippen LogP contribution in [0.4, 0.5) is 15.8 Å². The van der Waals surface area contributed by atoms with Gasteiger partial charge in [-0.25, -0.2) is 4.39 Å². The van der Waals surface area contributed by atoms with E-state index in [1.807, 2.05) is 0 Å². The van der Waals surface area contributed by atoms with Gasteiger partial charge in [-0.05, 0) is 24.3 Å². The second-order valence-corrected chi connectivity index (χ2v) is 4.76. The second-order valence-electron chi connectivity index (χ2n) is 4.76. The highest BCUT2D eigenvalue weighted by atomic mass is 19.1. The van der Waals surface area contributed by atoms with Gasteiger partial charge in [0.1, 0.15) is 11.4 Å². The highest BCUT2D eigenvalue weighted by Crippen LogP contribution is 2.46. The third-order valence-electron chi connectivity index (χ3n) is 3.33. The number of carbonyl (C=O) groups is 1. The molecule has 2 rings (SSSR count). The molecule has 1 N–H and O–H groups in total. The Hall–Kier alpha value is -3.36. The monoisotopic (exact) mass is 350 g/mol. The SMILES string of the molecule is COc1cc(C(=O)Nc2ccc(F)cc2)c([N+](=O)[O-])c(OC)c1OC. The maximum atomic E-state index is 12.9.